The second-order valence-corrected chi connectivity index (χ2v) is 7.72. The second-order valence-electron chi connectivity index (χ2n) is 7.72. The maximum Gasteiger partial charge on any atom is 0.315 e. The molecule has 23 heavy (non-hydrogen) atoms. The Kier molecular flexibility index (Phi) is 5.29. The Balaban J connectivity index is 1.78. The number of urea groups is 1. The summed E-state index contributed by atoms with van der Waals surface area (Å²) in [5.74, 6) is 1.00. The van der Waals surface area contributed by atoms with Gasteiger partial charge in [0.2, 0.25) is 5.89 Å². The van der Waals surface area contributed by atoms with Gasteiger partial charge in [-0.1, -0.05) is 45.7 Å². The Morgan fingerprint density at radius 1 is 1.39 bits per heavy atom. The van der Waals surface area contributed by atoms with Crippen molar-refractivity contribution in [3.05, 3.63) is 11.7 Å². The number of nitrogens with one attached hydrogen (secondary N) is 2. The van der Waals surface area contributed by atoms with Crippen molar-refractivity contribution in [1.82, 2.24) is 20.8 Å². The summed E-state index contributed by atoms with van der Waals surface area (Å²) in [5.41, 5.74) is -0.458. The largest absolute Gasteiger partial charge is 0.392 e. The zero-order valence-corrected chi connectivity index (χ0v) is 14.5. The lowest BCUT2D eigenvalue weighted by Gasteiger charge is -2.38. The molecule has 0 spiro atoms. The topological polar surface area (TPSA) is 100 Å². The van der Waals surface area contributed by atoms with E-state index in [1.54, 1.807) is 0 Å². The number of nitrogens with zero attached hydrogens (tertiary/aromatic N) is 2. The molecule has 1 saturated carbocycles. The number of hydrogen-bond donors (Lipinski definition) is 3. The van der Waals surface area contributed by atoms with Gasteiger partial charge in [-0.15, -0.1) is 0 Å². The van der Waals surface area contributed by atoms with Gasteiger partial charge in [-0.2, -0.15) is 4.98 Å². The highest BCUT2D eigenvalue weighted by molar-refractivity contribution is 5.73. The molecule has 2 amide bonds. The summed E-state index contributed by atoms with van der Waals surface area (Å²) in [6, 6.07) is -0.286. The first kappa shape index (κ1) is 17.7. The predicted molar refractivity (Wildman–Crippen MR) is 85.8 cm³/mol. The van der Waals surface area contributed by atoms with Crippen molar-refractivity contribution in [1.29, 1.82) is 0 Å². The fourth-order valence-electron chi connectivity index (χ4n) is 2.72. The molecule has 0 bridgehead atoms. The molecule has 2 unspecified atom stereocenters. The molecule has 3 N–H and O–H groups in total. The molecule has 0 aliphatic heterocycles. The van der Waals surface area contributed by atoms with Gasteiger partial charge in [0.15, 0.2) is 5.82 Å². The lowest BCUT2D eigenvalue weighted by Crippen LogP contribution is -2.47. The van der Waals surface area contributed by atoms with E-state index >= 15 is 0 Å². The Morgan fingerprint density at radius 2 is 2.13 bits per heavy atom. The molecule has 1 heterocycles. The number of carbonyl (C=O) groups is 1. The van der Waals surface area contributed by atoms with Crippen molar-refractivity contribution >= 4 is 6.03 Å². The van der Waals surface area contributed by atoms with Crippen LogP contribution in [0.5, 0.6) is 0 Å². The van der Waals surface area contributed by atoms with Gasteiger partial charge in [-0.3, -0.25) is 0 Å². The summed E-state index contributed by atoms with van der Waals surface area (Å²) in [6.07, 6.45) is 3.52. The number of aromatic nitrogens is 2. The standard InChI is InChI=1S/C16H28N4O3/c1-15(2,3)13-19-12(20-23-13)9-17-14(22)18-10-16(4)8-6-5-7-11(16)21/h11,21H,5-10H2,1-4H3,(H2,17,18,22). The zero-order chi connectivity index (χ0) is 17.1. The third-order valence-corrected chi connectivity index (χ3v) is 4.45. The minimum atomic E-state index is -0.358. The highest BCUT2D eigenvalue weighted by atomic mass is 16.5. The molecule has 7 nitrogen and oxygen atoms in total. The molecule has 1 fully saturated rings. The normalized spacial score (nSPS) is 25.2. The van der Waals surface area contributed by atoms with E-state index < -0.39 is 0 Å². The van der Waals surface area contributed by atoms with Gasteiger partial charge in [0, 0.05) is 17.4 Å². The number of aliphatic hydroxyl groups is 1. The molecule has 0 radical (unpaired) electrons. The quantitative estimate of drug-likeness (QED) is 0.787. The molecule has 1 aliphatic carbocycles. The maximum atomic E-state index is 11.9. The average Bonchev–Trinajstić information content (AvgIpc) is 2.95. The number of rotatable bonds is 4. The van der Waals surface area contributed by atoms with Crippen molar-refractivity contribution in [3.8, 4) is 0 Å². The number of aliphatic hydroxyl groups excluding tert-OH is 1. The van der Waals surface area contributed by atoms with E-state index in [1.807, 2.05) is 27.7 Å². The molecular formula is C16H28N4O3. The Hall–Kier alpha value is -1.63. The van der Waals surface area contributed by atoms with Crippen LogP contribution in [0.3, 0.4) is 0 Å². The van der Waals surface area contributed by atoms with Gasteiger partial charge < -0.3 is 20.3 Å². The predicted octanol–water partition coefficient (Wildman–Crippen LogP) is 2.11. The van der Waals surface area contributed by atoms with Crippen LogP contribution in [0, 0.1) is 5.41 Å². The highest BCUT2D eigenvalue weighted by Crippen LogP contribution is 2.35. The molecule has 0 aromatic carbocycles. The number of amides is 2. The lowest BCUT2D eigenvalue weighted by molar-refractivity contribution is 0.00308. The van der Waals surface area contributed by atoms with Crippen LogP contribution in [0.2, 0.25) is 0 Å². The van der Waals surface area contributed by atoms with E-state index in [-0.39, 0.29) is 29.5 Å². The average molecular weight is 324 g/mol. The third kappa shape index (κ3) is 4.67. The Labute approximate surface area is 137 Å². The van der Waals surface area contributed by atoms with Crippen molar-refractivity contribution in [2.45, 2.75) is 71.4 Å². The molecule has 2 atom stereocenters. The molecule has 0 saturated heterocycles. The van der Waals surface area contributed by atoms with E-state index in [1.165, 1.54) is 0 Å². The Morgan fingerprint density at radius 3 is 2.74 bits per heavy atom. The Bertz CT molecular complexity index is 538. The summed E-state index contributed by atoms with van der Waals surface area (Å²) in [6.45, 7) is 8.65. The fourth-order valence-corrected chi connectivity index (χ4v) is 2.72. The van der Waals surface area contributed by atoms with Crippen molar-refractivity contribution in [2.24, 2.45) is 5.41 Å². The van der Waals surface area contributed by atoms with Gasteiger partial charge in [0.1, 0.15) is 0 Å². The number of hydrogen-bond acceptors (Lipinski definition) is 5. The molecule has 2 rings (SSSR count). The molecular weight excluding hydrogens is 296 g/mol. The fraction of sp³-hybridized carbons (Fsp3) is 0.812. The summed E-state index contributed by atoms with van der Waals surface area (Å²) >= 11 is 0. The summed E-state index contributed by atoms with van der Waals surface area (Å²) in [4.78, 5) is 16.2. The zero-order valence-electron chi connectivity index (χ0n) is 14.5. The minimum Gasteiger partial charge on any atom is -0.392 e. The smallest absolute Gasteiger partial charge is 0.315 e. The van der Waals surface area contributed by atoms with Gasteiger partial charge >= 0.3 is 6.03 Å². The van der Waals surface area contributed by atoms with Gasteiger partial charge in [0.25, 0.3) is 0 Å². The summed E-state index contributed by atoms with van der Waals surface area (Å²) < 4.78 is 5.18. The summed E-state index contributed by atoms with van der Waals surface area (Å²) in [7, 11) is 0. The van der Waals surface area contributed by atoms with E-state index in [0.29, 0.717) is 18.3 Å². The lowest BCUT2D eigenvalue weighted by atomic mass is 9.73. The van der Waals surface area contributed by atoms with Crippen LogP contribution in [-0.4, -0.2) is 33.9 Å². The summed E-state index contributed by atoms with van der Waals surface area (Å²) in [5, 5.41) is 19.5. The van der Waals surface area contributed by atoms with Crippen LogP contribution in [0.4, 0.5) is 4.79 Å². The van der Waals surface area contributed by atoms with Crippen LogP contribution in [0.15, 0.2) is 4.52 Å². The second kappa shape index (κ2) is 6.86. The van der Waals surface area contributed by atoms with Gasteiger partial charge in [0.05, 0.1) is 12.6 Å². The van der Waals surface area contributed by atoms with Crippen molar-refractivity contribution < 1.29 is 14.4 Å². The molecule has 130 valence electrons. The minimum absolute atomic E-state index is 0.209. The van der Waals surface area contributed by atoms with Crippen molar-refractivity contribution in [3.63, 3.8) is 0 Å². The van der Waals surface area contributed by atoms with E-state index in [2.05, 4.69) is 20.8 Å². The highest BCUT2D eigenvalue weighted by Gasteiger charge is 2.35. The third-order valence-electron chi connectivity index (χ3n) is 4.45. The molecule has 1 aromatic rings. The van der Waals surface area contributed by atoms with Crippen LogP contribution in [-0.2, 0) is 12.0 Å². The van der Waals surface area contributed by atoms with Gasteiger partial charge in [-0.25, -0.2) is 4.79 Å². The first-order valence-corrected chi connectivity index (χ1v) is 8.23. The van der Waals surface area contributed by atoms with E-state index in [9.17, 15) is 9.90 Å². The first-order valence-electron chi connectivity index (χ1n) is 8.23. The van der Waals surface area contributed by atoms with Crippen LogP contribution in [0.1, 0.15) is 65.1 Å². The van der Waals surface area contributed by atoms with E-state index in [4.69, 9.17) is 4.52 Å². The van der Waals surface area contributed by atoms with Crippen molar-refractivity contribution in [2.75, 3.05) is 6.54 Å². The number of carbonyl (C=O) groups excluding carboxylic acids is 1. The van der Waals surface area contributed by atoms with E-state index in [0.717, 1.165) is 25.7 Å². The van der Waals surface area contributed by atoms with Gasteiger partial charge in [-0.05, 0) is 12.8 Å². The maximum absolute atomic E-state index is 11.9. The van der Waals surface area contributed by atoms with Crippen LogP contribution < -0.4 is 10.6 Å². The molecule has 1 aromatic heterocycles. The molecule has 1 aliphatic rings. The van der Waals surface area contributed by atoms with Crippen LogP contribution >= 0.6 is 0 Å². The van der Waals surface area contributed by atoms with Crippen LogP contribution in [0.25, 0.3) is 0 Å². The molecule has 7 heteroatoms. The monoisotopic (exact) mass is 324 g/mol. The first-order chi connectivity index (χ1) is 10.7. The SMILES string of the molecule is CC(C)(C)c1nc(CNC(=O)NCC2(C)CCCCC2O)no1.